The smallest absolute Gasteiger partial charge is 0.128 e. The molecular weight excluding hydrogens is 318 g/mol. The van der Waals surface area contributed by atoms with Crippen molar-refractivity contribution in [1.29, 1.82) is 0 Å². The molecule has 0 amide bonds. The zero-order valence-electron chi connectivity index (χ0n) is 17.3. The van der Waals surface area contributed by atoms with Crippen LogP contribution < -0.4 is 0 Å². The van der Waals surface area contributed by atoms with Crippen LogP contribution in [0.4, 0.5) is 8.78 Å². The number of hydrogen-bond donors (Lipinski definition) is 0. The minimum atomic E-state index is -0.709. The average molecular weight is 355 g/mol. The minimum Gasteiger partial charge on any atom is -0.241 e. The molecule has 25 heavy (non-hydrogen) atoms. The highest BCUT2D eigenvalue weighted by Crippen LogP contribution is 2.32. The summed E-state index contributed by atoms with van der Waals surface area (Å²) in [6, 6.07) is 0.231. The van der Waals surface area contributed by atoms with Gasteiger partial charge in [-0.15, -0.1) is 0 Å². The van der Waals surface area contributed by atoms with E-state index in [2.05, 4.69) is 58.3 Å². The fourth-order valence-electron chi connectivity index (χ4n) is 2.98. The first kappa shape index (κ1) is 23.7. The topological polar surface area (TPSA) is 6.48 Å². The van der Waals surface area contributed by atoms with Crippen molar-refractivity contribution in [2.75, 3.05) is 20.6 Å². The number of rotatable bonds is 9. The zero-order valence-corrected chi connectivity index (χ0v) is 17.3. The van der Waals surface area contributed by atoms with Gasteiger partial charge in [0.25, 0.3) is 0 Å². The molecule has 0 rings (SSSR count). The molecule has 0 radical (unpaired) electrons. The molecule has 0 aromatic carbocycles. The van der Waals surface area contributed by atoms with Gasteiger partial charge >= 0.3 is 0 Å². The molecule has 0 fully saturated rings. The van der Waals surface area contributed by atoms with Crippen LogP contribution in [0.1, 0.15) is 54.4 Å². The van der Waals surface area contributed by atoms with Crippen LogP contribution in [0.15, 0.2) is 47.6 Å². The van der Waals surface area contributed by atoms with Gasteiger partial charge in [-0.05, 0) is 38.2 Å². The van der Waals surface area contributed by atoms with E-state index < -0.39 is 5.83 Å². The van der Waals surface area contributed by atoms with Gasteiger partial charge in [-0.2, -0.15) is 0 Å². The Kier molecular flexibility index (Phi) is 10.1. The summed E-state index contributed by atoms with van der Waals surface area (Å²) in [5, 5.41) is 4.39. The summed E-state index contributed by atoms with van der Waals surface area (Å²) in [6.45, 7) is 17.8. The molecular formula is C21H36F2N2. The summed E-state index contributed by atoms with van der Waals surface area (Å²) in [5.74, 6) is -0.709. The van der Waals surface area contributed by atoms with E-state index in [0.717, 1.165) is 5.57 Å². The van der Waals surface area contributed by atoms with Crippen LogP contribution in [0.5, 0.6) is 0 Å². The van der Waals surface area contributed by atoms with E-state index in [-0.39, 0.29) is 24.2 Å². The Hall–Kier alpha value is -1.26. The number of nitrogens with zero attached hydrogens (tertiary/aromatic N) is 2. The predicted molar refractivity (Wildman–Crippen MR) is 105 cm³/mol. The largest absolute Gasteiger partial charge is 0.241 e. The molecule has 0 saturated carbocycles. The van der Waals surface area contributed by atoms with Gasteiger partial charge in [-0.25, -0.2) is 18.8 Å². The number of hydrazine groups is 1. The maximum absolute atomic E-state index is 12.7. The lowest BCUT2D eigenvalue weighted by atomic mass is 9.80. The molecule has 0 N–H and O–H groups in total. The van der Waals surface area contributed by atoms with E-state index in [0.29, 0.717) is 13.0 Å². The van der Waals surface area contributed by atoms with Crippen molar-refractivity contribution in [3.63, 3.8) is 0 Å². The Morgan fingerprint density at radius 2 is 1.68 bits per heavy atom. The van der Waals surface area contributed by atoms with E-state index in [4.69, 9.17) is 0 Å². The number of likely N-dealkylation sites (N-methyl/N-ethyl adjacent to an activating group) is 2. The molecule has 1 atom stereocenters. The molecule has 0 saturated heterocycles. The number of halogens is 2. The number of allylic oxidation sites excluding steroid dienone is 4. The lowest BCUT2D eigenvalue weighted by Crippen LogP contribution is -2.50. The molecule has 0 aliphatic carbocycles. The Bertz CT molecular complexity index is 525. The summed E-state index contributed by atoms with van der Waals surface area (Å²) < 4.78 is 24.7. The van der Waals surface area contributed by atoms with Crippen molar-refractivity contribution in [1.82, 2.24) is 10.0 Å². The Labute approximate surface area is 153 Å². The SMILES string of the molecule is C=C(C)/C(C)=C(\C)C(N(C)N(C)C/C=C/CC/C(F)=C/F)C(C)(C)C. The normalized spacial score (nSPS) is 15.9. The summed E-state index contributed by atoms with van der Waals surface area (Å²) in [6.07, 6.45) is 4.52. The molecule has 0 aliphatic heterocycles. The monoisotopic (exact) mass is 354 g/mol. The highest BCUT2D eigenvalue weighted by atomic mass is 19.2. The molecule has 0 aromatic rings. The van der Waals surface area contributed by atoms with Crippen molar-refractivity contribution >= 4 is 0 Å². The lowest BCUT2D eigenvalue weighted by Gasteiger charge is -2.43. The van der Waals surface area contributed by atoms with Crippen LogP contribution in [-0.4, -0.2) is 36.7 Å². The first-order chi connectivity index (χ1) is 11.4. The maximum Gasteiger partial charge on any atom is 0.128 e. The van der Waals surface area contributed by atoms with Crippen molar-refractivity contribution in [2.45, 2.75) is 60.4 Å². The second-order valence-corrected chi connectivity index (χ2v) is 7.84. The molecule has 0 aromatic heterocycles. The van der Waals surface area contributed by atoms with Gasteiger partial charge in [0.15, 0.2) is 0 Å². The van der Waals surface area contributed by atoms with Gasteiger partial charge in [-0.3, -0.25) is 0 Å². The highest BCUT2D eigenvalue weighted by molar-refractivity contribution is 5.32. The molecule has 0 heterocycles. The summed E-state index contributed by atoms with van der Waals surface area (Å²) in [4.78, 5) is 0. The third kappa shape index (κ3) is 8.10. The zero-order chi connectivity index (χ0) is 19.8. The molecule has 0 spiro atoms. The van der Waals surface area contributed by atoms with E-state index in [1.54, 1.807) is 0 Å². The van der Waals surface area contributed by atoms with E-state index in [1.807, 2.05) is 26.1 Å². The van der Waals surface area contributed by atoms with Gasteiger partial charge in [0.2, 0.25) is 0 Å². The van der Waals surface area contributed by atoms with Crippen LogP contribution >= 0.6 is 0 Å². The fraction of sp³-hybridized carbons (Fsp3) is 0.619. The molecule has 4 heteroatoms. The Balaban J connectivity index is 5.09. The third-order valence-electron chi connectivity index (χ3n) is 4.58. The molecule has 2 nitrogen and oxygen atoms in total. The highest BCUT2D eigenvalue weighted by Gasteiger charge is 2.32. The molecule has 0 aliphatic rings. The predicted octanol–water partition coefficient (Wildman–Crippen LogP) is 6.21. The summed E-state index contributed by atoms with van der Waals surface area (Å²) in [7, 11) is 4.12. The van der Waals surface area contributed by atoms with Gasteiger partial charge < -0.3 is 0 Å². The van der Waals surface area contributed by atoms with Crippen LogP contribution in [0.2, 0.25) is 0 Å². The first-order valence-electron chi connectivity index (χ1n) is 8.80. The van der Waals surface area contributed by atoms with Crippen LogP contribution in [0.25, 0.3) is 0 Å². The Morgan fingerprint density at radius 3 is 2.12 bits per heavy atom. The third-order valence-corrected chi connectivity index (χ3v) is 4.58. The second kappa shape index (κ2) is 10.7. The summed E-state index contributed by atoms with van der Waals surface area (Å²) >= 11 is 0. The van der Waals surface area contributed by atoms with Crippen LogP contribution in [-0.2, 0) is 0 Å². The standard InChI is InChI=1S/C21H36F2N2/c1-16(2)17(3)18(4)20(21(5,6)7)25(9)24(8)14-12-10-11-13-19(23)15-22/h10,12,15,20H,1,11,13-14H2,2-9H3/b12-10+,18-17+,19-15-. The summed E-state index contributed by atoms with van der Waals surface area (Å²) in [5.41, 5.74) is 3.70. The molecule has 144 valence electrons. The van der Waals surface area contributed by atoms with Crippen LogP contribution in [0, 0.1) is 5.41 Å². The van der Waals surface area contributed by atoms with Crippen molar-refractivity contribution < 1.29 is 8.78 Å². The average Bonchev–Trinajstić information content (AvgIpc) is 2.51. The maximum atomic E-state index is 12.7. The van der Waals surface area contributed by atoms with E-state index in [1.165, 1.54) is 11.1 Å². The van der Waals surface area contributed by atoms with Gasteiger partial charge in [0.1, 0.15) is 12.2 Å². The van der Waals surface area contributed by atoms with E-state index >= 15 is 0 Å². The van der Waals surface area contributed by atoms with Crippen molar-refractivity contribution in [2.24, 2.45) is 5.41 Å². The van der Waals surface area contributed by atoms with Crippen molar-refractivity contribution in [3.8, 4) is 0 Å². The van der Waals surface area contributed by atoms with Crippen molar-refractivity contribution in [3.05, 3.63) is 47.6 Å². The fourth-order valence-corrected chi connectivity index (χ4v) is 2.98. The number of hydrogen-bond acceptors (Lipinski definition) is 2. The minimum absolute atomic E-state index is 0.0285. The van der Waals surface area contributed by atoms with E-state index in [9.17, 15) is 8.78 Å². The lowest BCUT2D eigenvalue weighted by molar-refractivity contribution is -0.0295. The Morgan fingerprint density at radius 1 is 1.12 bits per heavy atom. The molecule has 1 unspecified atom stereocenters. The van der Waals surface area contributed by atoms with Gasteiger partial charge in [0, 0.05) is 27.1 Å². The van der Waals surface area contributed by atoms with Gasteiger partial charge in [0.05, 0.1) is 6.04 Å². The second-order valence-electron chi connectivity index (χ2n) is 7.84. The van der Waals surface area contributed by atoms with Crippen LogP contribution in [0.3, 0.4) is 0 Å². The van der Waals surface area contributed by atoms with Gasteiger partial charge in [-0.1, -0.05) is 50.6 Å². The first-order valence-corrected chi connectivity index (χ1v) is 8.80. The molecule has 0 bridgehead atoms. The quantitative estimate of drug-likeness (QED) is 0.276.